The molecule has 0 saturated carbocycles. The number of ether oxygens (including phenoxy) is 2. The Kier molecular flexibility index (Phi) is 5.99. The van der Waals surface area contributed by atoms with Gasteiger partial charge in [-0.3, -0.25) is 4.79 Å². The molecule has 0 radical (unpaired) electrons. The van der Waals surface area contributed by atoms with Crippen LogP contribution in [0.25, 0.3) is 5.69 Å². The van der Waals surface area contributed by atoms with Gasteiger partial charge in [-0.25, -0.2) is 0 Å². The van der Waals surface area contributed by atoms with Crippen LogP contribution in [0, 0.1) is 13.8 Å². The average molecular weight is 481 g/mol. The first-order valence-electron chi connectivity index (χ1n) is 10.7. The monoisotopic (exact) mass is 480 g/mol. The van der Waals surface area contributed by atoms with Crippen molar-refractivity contribution in [3.05, 3.63) is 69.4 Å². The number of ketones is 1. The molecule has 5 rings (SSSR count). The fourth-order valence-corrected chi connectivity index (χ4v) is 5.53. The van der Waals surface area contributed by atoms with E-state index < -0.39 is 0 Å². The number of Topliss-reactive ketones (excluding diaryl/α,β-unsaturated/α-hetero) is 1. The number of hydrogen-bond acceptors (Lipinski definition) is 7. The molecule has 0 aliphatic carbocycles. The van der Waals surface area contributed by atoms with Crippen LogP contribution in [0.4, 0.5) is 0 Å². The second-order valence-electron chi connectivity index (χ2n) is 7.87. The molecule has 0 atom stereocenters. The molecule has 1 aliphatic rings. The summed E-state index contributed by atoms with van der Waals surface area (Å²) in [6.45, 7) is 5.08. The normalized spacial score (nSPS) is 12.8. The van der Waals surface area contributed by atoms with Crippen molar-refractivity contribution in [2.24, 2.45) is 7.05 Å². The molecular formula is C24H24N4O3S2. The summed E-state index contributed by atoms with van der Waals surface area (Å²) in [6.07, 6.45) is 0.742. The summed E-state index contributed by atoms with van der Waals surface area (Å²) < 4.78 is 15.4. The predicted octanol–water partition coefficient (Wildman–Crippen LogP) is 4.62. The van der Waals surface area contributed by atoms with Crippen LogP contribution < -0.4 is 9.47 Å². The van der Waals surface area contributed by atoms with Gasteiger partial charge >= 0.3 is 0 Å². The highest BCUT2D eigenvalue weighted by Crippen LogP contribution is 2.33. The highest BCUT2D eigenvalue weighted by molar-refractivity contribution is 7.99. The van der Waals surface area contributed by atoms with E-state index in [9.17, 15) is 4.79 Å². The first kappa shape index (κ1) is 21.8. The number of carbonyl (C=O) groups is 1. The summed E-state index contributed by atoms with van der Waals surface area (Å²) in [4.78, 5) is 14.3. The van der Waals surface area contributed by atoms with Crippen LogP contribution in [0.5, 0.6) is 11.5 Å². The van der Waals surface area contributed by atoms with Crippen LogP contribution in [0.1, 0.15) is 32.4 Å². The Morgan fingerprint density at radius 3 is 2.73 bits per heavy atom. The standard InChI is InChI=1S/C24H24N4O3S2/c1-15-11-19(16(2)28(15)17-6-7-21-22(12-17)31-9-8-30-21)20(29)14-33-24-26-25-23(27(24)3)13-18-5-4-10-32-18/h4-7,10-12H,8-9,13-14H2,1-3H3. The van der Waals surface area contributed by atoms with E-state index in [0.29, 0.717) is 19.0 Å². The molecule has 170 valence electrons. The minimum atomic E-state index is 0.0692. The maximum atomic E-state index is 13.1. The van der Waals surface area contributed by atoms with Gasteiger partial charge in [-0.15, -0.1) is 21.5 Å². The molecule has 3 aromatic heterocycles. The fraction of sp³-hybridized carbons (Fsp3) is 0.292. The Morgan fingerprint density at radius 1 is 1.12 bits per heavy atom. The molecule has 0 amide bonds. The molecule has 4 aromatic rings. The van der Waals surface area contributed by atoms with Crippen molar-refractivity contribution in [2.45, 2.75) is 25.4 Å². The number of hydrogen-bond donors (Lipinski definition) is 0. The predicted molar refractivity (Wildman–Crippen MR) is 129 cm³/mol. The van der Waals surface area contributed by atoms with Gasteiger partial charge in [0.1, 0.15) is 19.0 Å². The first-order valence-corrected chi connectivity index (χ1v) is 12.5. The zero-order chi connectivity index (χ0) is 22.9. The van der Waals surface area contributed by atoms with E-state index in [2.05, 4.69) is 26.2 Å². The first-order chi connectivity index (χ1) is 16.0. The highest BCUT2D eigenvalue weighted by Gasteiger charge is 2.20. The number of carbonyl (C=O) groups excluding carboxylic acids is 1. The van der Waals surface area contributed by atoms with E-state index in [1.54, 1.807) is 11.3 Å². The molecule has 0 N–H and O–H groups in total. The maximum absolute atomic E-state index is 13.1. The Labute approximate surface area is 200 Å². The molecule has 1 aliphatic heterocycles. The molecule has 33 heavy (non-hydrogen) atoms. The van der Waals surface area contributed by atoms with Gasteiger partial charge in [-0.1, -0.05) is 17.8 Å². The Bertz CT molecular complexity index is 1310. The van der Waals surface area contributed by atoms with E-state index in [1.165, 1.54) is 16.6 Å². The third-order valence-electron chi connectivity index (χ3n) is 5.69. The number of rotatable bonds is 7. The van der Waals surface area contributed by atoms with Crippen LogP contribution in [0.2, 0.25) is 0 Å². The highest BCUT2D eigenvalue weighted by atomic mass is 32.2. The van der Waals surface area contributed by atoms with Crippen molar-refractivity contribution < 1.29 is 14.3 Å². The Hall–Kier alpha value is -3.04. The zero-order valence-electron chi connectivity index (χ0n) is 18.7. The number of aromatic nitrogens is 4. The molecule has 0 spiro atoms. The third kappa shape index (κ3) is 4.30. The van der Waals surface area contributed by atoms with Gasteiger partial charge in [0.25, 0.3) is 0 Å². The number of nitrogens with zero attached hydrogens (tertiary/aromatic N) is 4. The molecule has 7 nitrogen and oxygen atoms in total. The van der Waals surface area contributed by atoms with Gasteiger partial charge in [0.15, 0.2) is 22.4 Å². The summed E-state index contributed by atoms with van der Waals surface area (Å²) >= 11 is 3.12. The van der Waals surface area contributed by atoms with Crippen molar-refractivity contribution in [1.29, 1.82) is 0 Å². The van der Waals surface area contributed by atoms with Crippen LogP contribution in [0.3, 0.4) is 0 Å². The number of benzene rings is 1. The van der Waals surface area contributed by atoms with Gasteiger partial charge in [0.05, 0.1) is 5.75 Å². The summed E-state index contributed by atoms with van der Waals surface area (Å²) in [5, 5.41) is 11.4. The number of thiophene rings is 1. The second kappa shape index (κ2) is 9.07. The lowest BCUT2D eigenvalue weighted by Crippen LogP contribution is -2.15. The SMILES string of the molecule is Cc1cc(C(=O)CSc2nnc(Cc3cccs3)n2C)c(C)n1-c1ccc2c(c1)OCCO2. The van der Waals surface area contributed by atoms with E-state index in [4.69, 9.17) is 9.47 Å². The average Bonchev–Trinajstić information content (AvgIpc) is 3.53. The Balaban J connectivity index is 1.32. The number of thioether (sulfide) groups is 1. The molecule has 1 aromatic carbocycles. The van der Waals surface area contributed by atoms with Crippen molar-refractivity contribution in [2.75, 3.05) is 19.0 Å². The van der Waals surface area contributed by atoms with Gasteiger partial charge in [-0.05, 0) is 43.5 Å². The lowest BCUT2D eigenvalue weighted by molar-refractivity contribution is 0.102. The summed E-state index contributed by atoms with van der Waals surface area (Å²) in [7, 11) is 1.95. The molecule has 9 heteroatoms. The van der Waals surface area contributed by atoms with Gasteiger partial charge in [0.2, 0.25) is 0 Å². The topological polar surface area (TPSA) is 71.2 Å². The van der Waals surface area contributed by atoms with Crippen molar-refractivity contribution in [3.8, 4) is 17.2 Å². The fourth-order valence-electron chi connectivity index (χ4n) is 4.02. The molecule has 0 bridgehead atoms. The smallest absolute Gasteiger partial charge is 0.191 e. The summed E-state index contributed by atoms with van der Waals surface area (Å²) in [6, 6.07) is 12.0. The van der Waals surface area contributed by atoms with Crippen molar-refractivity contribution in [1.82, 2.24) is 19.3 Å². The number of aryl methyl sites for hydroxylation is 1. The quantitative estimate of drug-likeness (QED) is 0.284. The van der Waals surface area contributed by atoms with E-state index in [0.717, 1.165) is 51.5 Å². The zero-order valence-corrected chi connectivity index (χ0v) is 20.3. The van der Waals surface area contributed by atoms with E-state index in [1.807, 2.05) is 55.8 Å². The van der Waals surface area contributed by atoms with Gasteiger partial charge < -0.3 is 18.6 Å². The van der Waals surface area contributed by atoms with Gasteiger partial charge in [0, 0.05) is 47.1 Å². The lowest BCUT2D eigenvalue weighted by atomic mass is 10.2. The largest absolute Gasteiger partial charge is 0.486 e. The van der Waals surface area contributed by atoms with Crippen LogP contribution in [-0.4, -0.2) is 44.1 Å². The second-order valence-corrected chi connectivity index (χ2v) is 9.85. The van der Waals surface area contributed by atoms with Crippen LogP contribution in [0.15, 0.2) is 46.9 Å². The van der Waals surface area contributed by atoms with Crippen LogP contribution in [-0.2, 0) is 13.5 Å². The van der Waals surface area contributed by atoms with Gasteiger partial charge in [-0.2, -0.15) is 0 Å². The minimum absolute atomic E-state index is 0.0692. The Morgan fingerprint density at radius 2 is 1.94 bits per heavy atom. The lowest BCUT2D eigenvalue weighted by Gasteiger charge is -2.20. The molecule has 0 unspecified atom stereocenters. The van der Waals surface area contributed by atoms with E-state index >= 15 is 0 Å². The molecule has 0 fully saturated rings. The summed E-state index contributed by atoms with van der Waals surface area (Å²) in [5.74, 6) is 2.75. The minimum Gasteiger partial charge on any atom is -0.486 e. The van der Waals surface area contributed by atoms with Crippen molar-refractivity contribution >= 4 is 28.9 Å². The van der Waals surface area contributed by atoms with Crippen molar-refractivity contribution in [3.63, 3.8) is 0 Å². The maximum Gasteiger partial charge on any atom is 0.191 e. The third-order valence-corrected chi connectivity index (χ3v) is 7.58. The molecular weight excluding hydrogens is 456 g/mol. The summed E-state index contributed by atoms with van der Waals surface area (Å²) in [5.41, 5.74) is 3.57. The van der Waals surface area contributed by atoms with Crippen LogP contribution >= 0.6 is 23.1 Å². The molecule has 4 heterocycles. The molecule has 0 saturated heterocycles. The van der Waals surface area contributed by atoms with E-state index in [-0.39, 0.29) is 5.78 Å². The number of fused-ring (bicyclic) bond motifs is 1.